The second kappa shape index (κ2) is 6.25. The van der Waals surface area contributed by atoms with Gasteiger partial charge in [0.1, 0.15) is 12.1 Å². The lowest BCUT2D eigenvalue weighted by molar-refractivity contribution is -0.130. The number of fused-ring (bicyclic) bond motifs is 2. The molecule has 2 aliphatic rings. The van der Waals surface area contributed by atoms with Crippen LogP contribution in [-0.4, -0.2) is 56.1 Å². The number of likely N-dealkylation sites (tertiary alicyclic amines) is 1. The normalized spacial score (nSPS) is 24.6. The van der Waals surface area contributed by atoms with Gasteiger partial charge >= 0.3 is 0 Å². The van der Waals surface area contributed by atoms with Crippen molar-refractivity contribution in [1.82, 2.24) is 24.6 Å². The van der Waals surface area contributed by atoms with Crippen molar-refractivity contribution < 1.29 is 9.21 Å². The van der Waals surface area contributed by atoms with Crippen molar-refractivity contribution in [2.24, 2.45) is 7.05 Å². The molecule has 0 unspecified atom stereocenters. The van der Waals surface area contributed by atoms with Crippen molar-refractivity contribution in [2.75, 3.05) is 13.6 Å². The molecular weight excluding hydrogens is 326 g/mol. The van der Waals surface area contributed by atoms with Crippen LogP contribution in [0.1, 0.15) is 25.0 Å². The fraction of sp³-hybridized carbons (Fsp3) is 0.562. The first-order chi connectivity index (χ1) is 11.6. The van der Waals surface area contributed by atoms with Gasteiger partial charge in [0, 0.05) is 39.1 Å². The lowest BCUT2D eigenvalue weighted by atomic mass is 10.1. The van der Waals surface area contributed by atoms with Crippen molar-refractivity contribution in [1.29, 1.82) is 0 Å². The van der Waals surface area contributed by atoms with E-state index in [1.165, 1.54) is 11.8 Å². The van der Waals surface area contributed by atoms with Gasteiger partial charge in [-0.25, -0.2) is 0 Å². The Morgan fingerprint density at radius 3 is 2.92 bits per heavy atom. The maximum absolute atomic E-state index is 12.1. The zero-order valence-electron chi connectivity index (χ0n) is 13.9. The van der Waals surface area contributed by atoms with Crippen LogP contribution in [-0.2, 0) is 18.4 Å². The van der Waals surface area contributed by atoms with E-state index in [0.29, 0.717) is 18.5 Å². The standard InChI is InChI=1S/C16H21N5O2S/c1-19-8-12-4-3-11(7-14(19)22)21(12)9-13-5-6-15(23-13)24-16-18-17-10-20(16)2/h5-6,10-12H,3-4,7-9H2,1-2H3/t11-,12+/m1/s1. The number of hydrogen-bond acceptors (Lipinski definition) is 6. The molecule has 24 heavy (non-hydrogen) atoms. The third kappa shape index (κ3) is 2.95. The Labute approximate surface area is 145 Å². The van der Waals surface area contributed by atoms with Gasteiger partial charge in [0.15, 0.2) is 10.2 Å². The lowest BCUT2D eigenvalue weighted by Crippen LogP contribution is -2.38. The second-order valence-corrected chi connectivity index (χ2v) is 7.55. The molecule has 0 aliphatic carbocycles. The summed E-state index contributed by atoms with van der Waals surface area (Å²) in [5.41, 5.74) is 0. The highest BCUT2D eigenvalue weighted by Gasteiger charge is 2.39. The summed E-state index contributed by atoms with van der Waals surface area (Å²) in [4.78, 5) is 16.4. The molecule has 128 valence electrons. The predicted molar refractivity (Wildman–Crippen MR) is 88.4 cm³/mol. The van der Waals surface area contributed by atoms with Gasteiger partial charge < -0.3 is 13.9 Å². The van der Waals surface area contributed by atoms with Gasteiger partial charge in [-0.1, -0.05) is 0 Å². The Morgan fingerprint density at radius 2 is 2.12 bits per heavy atom. The average Bonchev–Trinajstić information content (AvgIpc) is 3.23. The smallest absolute Gasteiger partial charge is 0.223 e. The van der Waals surface area contributed by atoms with Crippen LogP contribution in [0.3, 0.4) is 0 Å². The van der Waals surface area contributed by atoms with Crippen molar-refractivity contribution in [2.45, 2.75) is 48.1 Å². The number of rotatable bonds is 4. The molecule has 2 aliphatic heterocycles. The molecule has 0 aromatic carbocycles. The molecule has 2 aromatic heterocycles. The number of aromatic nitrogens is 3. The molecule has 7 nitrogen and oxygen atoms in total. The van der Waals surface area contributed by atoms with Crippen LogP contribution in [0.25, 0.3) is 0 Å². The van der Waals surface area contributed by atoms with Crippen LogP contribution < -0.4 is 0 Å². The van der Waals surface area contributed by atoms with Crippen LogP contribution in [0.15, 0.2) is 33.1 Å². The molecule has 0 N–H and O–H groups in total. The number of hydrogen-bond donors (Lipinski definition) is 0. The number of aryl methyl sites for hydroxylation is 1. The molecule has 8 heteroatoms. The van der Waals surface area contributed by atoms with Crippen molar-refractivity contribution in [3.8, 4) is 0 Å². The molecule has 1 amide bonds. The zero-order chi connectivity index (χ0) is 16.7. The molecule has 2 saturated heterocycles. The van der Waals surface area contributed by atoms with Crippen LogP contribution in [0, 0.1) is 0 Å². The summed E-state index contributed by atoms with van der Waals surface area (Å²) < 4.78 is 7.84. The summed E-state index contributed by atoms with van der Waals surface area (Å²) in [6, 6.07) is 4.78. The summed E-state index contributed by atoms with van der Waals surface area (Å²) in [7, 11) is 3.82. The molecule has 2 fully saturated rings. The van der Waals surface area contributed by atoms with Crippen LogP contribution >= 0.6 is 11.8 Å². The van der Waals surface area contributed by atoms with E-state index < -0.39 is 0 Å². The average molecular weight is 347 g/mol. The van der Waals surface area contributed by atoms with Gasteiger partial charge in [0.05, 0.1) is 6.54 Å². The number of carbonyl (C=O) groups excluding carboxylic acids is 1. The summed E-state index contributed by atoms with van der Waals surface area (Å²) in [5.74, 6) is 1.19. The molecule has 0 spiro atoms. The molecule has 0 saturated carbocycles. The highest BCUT2D eigenvalue weighted by molar-refractivity contribution is 7.99. The highest BCUT2D eigenvalue weighted by atomic mass is 32.2. The van der Waals surface area contributed by atoms with Crippen LogP contribution in [0.5, 0.6) is 0 Å². The van der Waals surface area contributed by atoms with E-state index in [1.807, 2.05) is 35.7 Å². The molecule has 2 atom stereocenters. The minimum absolute atomic E-state index is 0.255. The fourth-order valence-corrected chi connectivity index (χ4v) is 4.34. The molecule has 2 aromatic rings. The highest BCUT2D eigenvalue weighted by Crippen LogP contribution is 2.33. The largest absolute Gasteiger partial charge is 0.453 e. The first-order valence-electron chi connectivity index (χ1n) is 8.20. The zero-order valence-corrected chi connectivity index (χ0v) is 14.7. The summed E-state index contributed by atoms with van der Waals surface area (Å²) >= 11 is 1.47. The Balaban J connectivity index is 1.46. The quantitative estimate of drug-likeness (QED) is 0.839. The van der Waals surface area contributed by atoms with E-state index in [-0.39, 0.29) is 5.91 Å². The number of likely N-dealkylation sites (N-methyl/N-ethyl adjacent to an activating group) is 1. The Hall–Kier alpha value is -1.80. The van der Waals surface area contributed by atoms with Crippen LogP contribution in [0.4, 0.5) is 0 Å². The monoisotopic (exact) mass is 347 g/mol. The molecule has 0 radical (unpaired) electrons. The Bertz CT molecular complexity index is 742. The van der Waals surface area contributed by atoms with E-state index in [4.69, 9.17) is 4.42 Å². The maximum Gasteiger partial charge on any atom is 0.223 e. The minimum atomic E-state index is 0.255. The molecule has 4 heterocycles. The van der Waals surface area contributed by atoms with E-state index in [2.05, 4.69) is 15.1 Å². The summed E-state index contributed by atoms with van der Waals surface area (Å²) in [5, 5.41) is 9.56. The number of furan rings is 1. The third-order valence-electron chi connectivity index (χ3n) is 4.93. The predicted octanol–water partition coefficient (Wildman–Crippen LogP) is 1.75. The van der Waals surface area contributed by atoms with Gasteiger partial charge in [-0.3, -0.25) is 9.69 Å². The topological polar surface area (TPSA) is 67.4 Å². The van der Waals surface area contributed by atoms with Crippen LogP contribution in [0.2, 0.25) is 0 Å². The van der Waals surface area contributed by atoms with Gasteiger partial charge in [0.25, 0.3) is 0 Å². The van der Waals surface area contributed by atoms with E-state index in [9.17, 15) is 4.79 Å². The van der Waals surface area contributed by atoms with Gasteiger partial charge in [0.2, 0.25) is 5.91 Å². The minimum Gasteiger partial charge on any atom is -0.453 e. The number of amides is 1. The second-order valence-electron chi connectivity index (χ2n) is 6.58. The lowest BCUT2D eigenvalue weighted by Gasteiger charge is -2.26. The number of carbonyl (C=O) groups is 1. The molecular formula is C16H21N5O2S. The summed E-state index contributed by atoms with van der Waals surface area (Å²) in [6.07, 6.45) is 4.55. The first-order valence-corrected chi connectivity index (χ1v) is 9.02. The summed E-state index contributed by atoms with van der Waals surface area (Å²) in [6.45, 7) is 1.58. The SMILES string of the molecule is CN1C[C@@H]2CC[C@H](CC1=O)N2Cc1ccc(Sc2nncn2C)o1. The van der Waals surface area contributed by atoms with Gasteiger partial charge in [-0.05, 0) is 36.7 Å². The van der Waals surface area contributed by atoms with Crippen molar-refractivity contribution in [3.63, 3.8) is 0 Å². The molecule has 4 rings (SSSR count). The Morgan fingerprint density at radius 1 is 1.29 bits per heavy atom. The van der Waals surface area contributed by atoms with E-state index >= 15 is 0 Å². The van der Waals surface area contributed by atoms with E-state index in [1.54, 1.807) is 6.33 Å². The Kier molecular flexibility index (Phi) is 4.09. The number of nitrogens with zero attached hydrogens (tertiary/aromatic N) is 5. The third-order valence-corrected chi connectivity index (χ3v) is 5.90. The maximum atomic E-state index is 12.1. The van der Waals surface area contributed by atoms with Gasteiger partial charge in [-0.15, -0.1) is 10.2 Å². The van der Waals surface area contributed by atoms with Gasteiger partial charge in [-0.2, -0.15) is 0 Å². The first kappa shape index (κ1) is 15.7. The fourth-order valence-electron chi connectivity index (χ4n) is 3.60. The van der Waals surface area contributed by atoms with E-state index in [0.717, 1.165) is 41.9 Å². The van der Waals surface area contributed by atoms with Crippen molar-refractivity contribution >= 4 is 17.7 Å². The van der Waals surface area contributed by atoms with Crippen molar-refractivity contribution in [3.05, 3.63) is 24.2 Å². The molecule has 2 bridgehead atoms.